The number of hydrogen-bond acceptors (Lipinski definition) is 3. The highest BCUT2D eigenvalue weighted by Crippen LogP contribution is 2.41. The Hall–Kier alpha value is -3.07. The Morgan fingerprint density at radius 1 is 0.731 bits per heavy atom. The Morgan fingerprint density at radius 2 is 1.27 bits per heavy atom. The van der Waals surface area contributed by atoms with Gasteiger partial charge < -0.3 is 9.80 Å². The van der Waals surface area contributed by atoms with Crippen molar-refractivity contribution in [3.05, 3.63) is 73.1 Å². The van der Waals surface area contributed by atoms with E-state index in [1.165, 1.54) is 11.3 Å². The van der Waals surface area contributed by atoms with Gasteiger partial charge in [-0.3, -0.25) is 4.98 Å². The van der Waals surface area contributed by atoms with E-state index in [1.807, 2.05) is 12.3 Å². The van der Waals surface area contributed by atoms with Crippen molar-refractivity contribution in [3.63, 3.8) is 0 Å². The van der Waals surface area contributed by atoms with Crippen LogP contribution in [0, 0.1) is 0 Å². The zero-order valence-electron chi connectivity index (χ0n) is 15.9. The minimum absolute atomic E-state index is 0.894. The second kappa shape index (κ2) is 7.44. The lowest BCUT2D eigenvalue weighted by atomic mass is 9.91. The zero-order valence-corrected chi connectivity index (χ0v) is 15.9. The molecule has 2 aromatic carbocycles. The molecular weight excluding hydrogens is 318 g/mol. The molecule has 0 saturated carbocycles. The summed E-state index contributed by atoms with van der Waals surface area (Å²) in [6, 6.07) is 19.0. The molecule has 0 bridgehead atoms. The Kier molecular flexibility index (Phi) is 5.08. The summed E-state index contributed by atoms with van der Waals surface area (Å²) in [6.45, 7) is 4.00. The van der Waals surface area contributed by atoms with Crippen molar-refractivity contribution in [3.8, 4) is 22.3 Å². The first-order chi connectivity index (χ1) is 12.5. The number of pyridine rings is 1. The second-order valence-electron chi connectivity index (χ2n) is 6.65. The molecule has 0 unspecified atom stereocenters. The van der Waals surface area contributed by atoms with E-state index in [-0.39, 0.29) is 0 Å². The molecule has 3 heteroatoms. The highest BCUT2D eigenvalue weighted by atomic mass is 15.1. The van der Waals surface area contributed by atoms with E-state index in [1.54, 1.807) is 0 Å². The number of rotatable bonds is 5. The molecule has 0 aliphatic rings. The number of anilines is 2. The maximum absolute atomic E-state index is 4.58. The molecule has 0 atom stereocenters. The third kappa shape index (κ3) is 3.21. The Labute approximate surface area is 156 Å². The lowest BCUT2D eigenvalue weighted by Gasteiger charge is -2.23. The monoisotopic (exact) mass is 343 g/mol. The Morgan fingerprint density at radius 3 is 1.85 bits per heavy atom. The number of aromatic nitrogens is 1. The van der Waals surface area contributed by atoms with Crippen molar-refractivity contribution in [1.29, 1.82) is 0 Å². The van der Waals surface area contributed by atoms with Gasteiger partial charge in [-0.2, -0.15) is 0 Å². The minimum atomic E-state index is 0.894. The van der Waals surface area contributed by atoms with Crippen molar-refractivity contribution >= 4 is 17.5 Å². The molecule has 3 rings (SSSR count). The SMILES string of the molecule is C=Cc1nccc(-c2ccccc2N(C)C)c1-c1ccccc1N(C)C. The molecule has 0 fully saturated rings. The Bertz CT molecular complexity index is 926. The third-order valence-electron chi connectivity index (χ3n) is 4.50. The minimum Gasteiger partial charge on any atom is -0.377 e. The maximum atomic E-state index is 4.58. The van der Waals surface area contributed by atoms with Gasteiger partial charge in [0.1, 0.15) is 0 Å². The highest BCUT2D eigenvalue weighted by molar-refractivity contribution is 5.96. The number of para-hydroxylation sites is 2. The third-order valence-corrected chi connectivity index (χ3v) is 4.50. The van der Waals surface area contributed by atoms with Gasteiger partial charge in [0, 0.05) is 62.5 Å². The summed E-state index contributed by atoms with van der Waals surface area (Å²) in [7, 11) is 8.27. The fourth-order valence-electron chi connectivity index (χ4n) is 3.31. The molecule has 132 valence electrons. The smallest absolute Gasteiger partial charge is 0.0709 e. The van der Waals surface area contributed by atoms with Gasteiger partial charge in [0.25, 0.3) is 0 Å². The van der Waals surface area contributed by atoms with Crippen LogP contribution in [0.25, 0.3) is 28.3 Å². The summed E-state index contributed by atoms with van der Waals surface area (Å²) in [5.41, 5.74) is 7.85. The largest absolute Gasteiger partial charge is 0.377 e. The van der Waals surface area contributed by atoms with Crippen LogP contribution in [0.3, 0.4) is 0 Å². The lowest BCUT2D eigenvalue weighted by Crippen LogP contribution is -2.11. The van der Waals surface area contributed by atoms with E-state index < -0.39 is 0 Å². The highest BCUT2D eigenvalue weighted by Gasteiger charge is 2.18. The fraction of sp³-hybridized carbons (Fsp3) is 0.174. The summed E-state index contributed by atoms with van der Waals surface area (Å²) in [5.74, 6) is 0. The number of benzene rings is 2. The number of nitrogens with zero attached hydrogens (tertiary/aromatic N) is 3. The molecule has 3 nitrogen and oxygen atoms in total. The van der Waals surface area contributed by atoms with Crippen LogP contribution in [-0.4, -0.2) is 33.2 Å². The van der Waals surface area contributed by atoms with E-state index in [0.29, 0.717) is 0 Å². The van der Waals surface area contributed by atoms with Crippen molar-refractivity contribution in [2.24, 2.45) is 0 Å². The molecule has 3 aromatic rings. The first-order valence-electron chi connectivity index (χ1n) is 8.69. The Balaban J connectivity index is 2.37. The first kappa shape index (κ1) is 17.7. The van der Waals surface area contributed by atoms with Crippen LogP contribution >= 0.6 is 0 Å². The van der Waals surface area contributed by atoms with Crippen molar-refractivity contribution in [2.75, 3.05) is 38.0 Å². The molecule has 0 amide bonds. The van der Waals surface area contributed by atoms with Crippen LogP contribution in [0.5, 0.6) is 0 Å². The van der Waals surface area contributed by atoms with Gasteiger partial charge in [0.15, 0.2) is 0 Å². The topological polar surface area (TPSA) is 19.4 Å². The van der Waals surface area contributed by atoms with Crippen molar-refractivity contribution in [1.82, 2.24) is 4.98 Å². The molecule has 26 heavy (non-hydrogen) atoms. The molecule has 1 heterocycles. The normalized spacial score (nSPS) is 10.5. The van der Waals surface area contributed by atoms with Crippen molar-refractivity contribution < 1.29 is 0 Å². The summed E-state index contributed by atoms with van der Waals surface area (Å²) < 4.78 is 0. The van der Waals surface area contributed by atoms with E-state index in [2.05, 4.69) is 104 Å². The average molecular weight is 343 g/mol. The predicted molar refractivity (Wildman–Crippen MR) is 114 cm³/mol. The summed E-state index contributed by atoms with van der Waals surface area (Å²) >= 11 is 0. The standard InChI is InChI=1S/C23H25N3/c1-6-20-23(19-12-8-10-14-22(19)26(4)5)18(15-16-24-20)17-11-7-9-13-21(17)25(2)3/h6-16H,1H2,2-5H3. The molecule has 0 spiro atoms. The van der Waals surface area contributed by atoms with Gasteiger partial charge in [-0.1, -0.05) is 43.0 Å². The summed E-state index contributed by atoms with van der Waals surface area (Å²) in [6.07, 6.45) is 3.70. The van der Waals surface area contributed by atoms with E-state index in [4.69, 9.17) is 0 Å². The van der Waals surface area contributed by atoms with Crippen LogP contribution in [0.2, 0.25) is 0 Å². The fourth-order valence-corrected chi connectivity index (χ4v) is 3.31. The van der Waals surface area contributed by atoms with E-state index in [9.17, 15) is 0 Å². The van der Waals surface area contributed by atoms with Gasteiger partial charge >= 0.3 is 0 Å². The molecule has 0 saturated heterocycles. The van der Waals surface area contributed by atoms with Gasteiger partial charge in [-0.05, 0) is 29.8 Å². The summed E-state index contributed by atoms with van der Waals surface area (Å²) in [4.78, 5) is 8.86. The molecule has 0 aliphatic carbocycles. The predicted octanol–water partition coefficient (Wildman–Crippen LogP) is 5.19. The molecular formula is C23H25N3. The average Bonchev–Trinajstić information content (AvgIpc) is 2.67. The van der Waals surface area contributed by atoms with Gasteiger partial charge in [0.2, 0.25) is 0 Å². The summed E-state index contributed by atoms with van der Waals surface area (Å²) in [5, 5.41) is 0. The van der Waals surface area contributed by atoms with E-state index >= 15 is 0 Å². The quantitative estimate of drug-likeness (QED) is 0.635. The lowest BCUT2D eigenvalue weighted by molar-refractivity contribution is 1.13. The van der Waals surface area contributed by atoms with E-state index in [0.717, 1.165) is 28.1 Å². The first-order valence-corrected chi connectivity index (χ1v) is 8.69. The zero-order chi connectivity index (χ0) is 18.7. The van der Waals surface area contributed by atoms with Gasteiger partial charge in [0.05, 0.1) is 5.69 Å². The molecule has 0 radical (unpaired) electrons. The van der Waals surface area contributed by atoms with Crippen molar-refractivity contribution in [2.45, 2.75) is 0 Å². The van der Waals surface area contributed by atoms with Gasteiger partial charge in [-0.15, -0.1) is 0 Å². The maximum Gasteiger partial charge on any atom is 0.0709 e. The van der Waals surface area contributed by atoms with Crippen LogP contribution in [0.4, 0.5) is 11.4 Å². The molecule has 0 aliphatic heterocycles. The van der Waals surface area contributed by atoms with Gasteiger partial charge in [-0.25, -0.2) is 0 Å². The second-order valence-corrected chi connectivity index (χ2v) is 6.65. The molecule has 0 N–H and O–H groups in total. The molecule has 1 aromatic heterocycles. The van der Waals surface area contributed by atoms with Crippen LogP contribution in [0.15, 0.2) is 67.4 Å². The number of hydrogen-bond donors (Lipinski definition) is 0. The van der Waals surface area contributed by atoms with Crippen LogP contribution in [-0.2, 0) is 0 Å². The van der Waals surface area contributed by atoms with Crippen LogP contribution < -0.4 is 9.80 Å². The van der Waals surface area contributed by atoms with Crippen LogP contribution in [0.1, 0.15) is 5.69 Å².